The van der Waals surface area contributed by atoms with Crippen LogP contribution in [0.2, 0.25) is 0 Å². The van der Waals surface area contributed by atoms with Crippen molar-refractivity contribution in [3.05, 3.63) is 48.4 Å². The molecule has 4 aromatic rings. The lowest BCUT2D eigenvalue weighted by Crippen LogP contribution is -1.98. The van der Waals surface area contributed by atoms with E-state index in [1.165, 1.54) is 11.3 Å². The van der Waals surface area contributed by atoms with Crippen LogP contribution in [0.3, 0.4) is 0 Å². The minimum atomic E-state index is 0.192. The number of hydrogen-bond acceptors (Lipinski definition) is 8. The molecule has 0 amide bonds. The van der Waals surface area contributed by atoms with E-state index in [4.69, 9.17) is 9.15 Å². The average molecular weight is 354 g/mol. The van der Waals surface area contributed by atoms with Crippen LogP contribution in [-0.4, -0.2) is 27.4 Å². The molecule has 0 unspecified atom stereocenters. The number of aromatic hydroxyl groups is 1. The van der Waals surface area contributed by atoms with Crippen LogP contribution in [0.25, 0.3) is 21.7 Å². The number of fused-ring (bicyclic) bond motifs is 1. The maximum atomic E-state index is 9.32. The van der Waals surface area contributed by atoms with E-state index in [1.807, 2.05) is 18.2 Å². The van der Waals surface area contributed by atoms with Crippen LogP contribution in [-0.2, 0) is 6.54 Å². The molecule has 0 bridgehead atoms. The molecule has 0 atom stereocenters. The highest BCUT2D eigenvalue weighted by atomic mass is 32.1. The third kappa shape index (κ3) is 3.24. The van der Waals surface area contributed by atoms with Gasteiger partial charge in [-0.05, 0) is 42.5 Å². The lowest BCUT2D eigenvalue weighted by Gasteiger charge is -1.97. The molecule has 0 aliphatic rings. The minimum Gasteiger partial charge on any atom is -0.508 e. The number of hydrogen-bond donors (Lipinski definition) is 2. The quantitative estimate of drug-likeness (QED) is 0.565. The van der Waals surface area contributed by atoms with E-state index >= 15 is 0 Å². The van der Waals surface area contributed by atoms with Crippen molar-refractivity contribution in [1.29, 1.82) is 0 Å². The van der Waals surface area contributed by atoms with Gasteiger partial charge in [0.1, 0.15) is 11.5 Å². The number of methoxy groups -OCH3 is 1. The number of thiazole rings is 1. The molecule has 126 valence electrons. The first-order valence-corrected chi connectivity index (χ1v) is 8.33. The van der Waals surface area contributed by atoms with Crippen molar-refractivity contribution in [3.8, 4) is 23.0 Å². The zero-order chi connectivity index (χ0) is 17.2. The second-order valence-electron chi connectivity index (χ2n) is 5.25. The first-order valence-electron chi connectivity index (χ1n) is 7.51. The lowest BCUT2D eigenvalue weighted by atomic mass is 10.2. The number of phenolic OH excluding ortho intramolecular Hbond substituents is 1. The third-order valence-corrected chi connectivity index (χ3v) is 4.54. The van der Waals surface area contributed by atoms with Crippen LogP contribution in [0.1, 0.15) is 5.89 Å². The Labute approximate surface area is 146 Å². The fraction of sp³-hybridized carbons (Fsp3) is 0.118. The van der Waals surface area contributed by atoms with Crippen molar-refractivity contribution in [2.24, 2.45) is 0 Å². The predicted octanol–water partition coefficient (Wildman–Crippen LogP) is 3.67. The summed E-state index contributed by atoms with van der Waals surface area (Å²) in [7, 11) is 1.64. The fourth-order valence-corrected chi connectivity index (χ4v) is 3.19. The van der Waals surface area contributed by atoms with Gasteiger partial charge in [0.25, 0.3) is 0 Å². The maximum Gasteiger partial charge on any atom is 0.247 e. The Morgan fingerprint density at radius 3 is 2.80 bits per heavy atom. The Kier molecular flexibility index (Phi) is 3.95. The summed E-state index contributed by atoms with van der Waals surface area (Å²) in [6, 6.07) is 12.4. The number of nitrogens with zero attached hydrogens (tertiary/aromatic N) is 3. The molecule has 2 N–H and O–H groups in total. The van der Waals surface area contributed by atoms with Crippen LogP contribution in [0.15, 0.2) is 46.9 Å². The van der Waals surface area contributed by atoms with Gasteiger partial charge in [0.15, 0.2) is 5.13 Å². The molecule has 0 aliphatic heterocycles. The van der Waals surface area contributed by atoms with Gasteiger partial charge in [-0.25, -0.2) is 4.98 Å². The Bertz CT molecular complexity index is 1010. The average Bonchev–Trinajstić information content (AvgIpc) is 3.26. The lowest BCUT2D eigenvalue weighted by molar-refractivity contribution is 0.415. The van der Waals surface area contributed by atoms with Gasteiger partial charge in [0.05, 0.1) is 23.9 Å². The SMILES string of the molecule is COc1ccc2nc(NCc3nnc(-c4ccc(O)cc4)o3)sc2c1. The van der Waals surface area contributed by atoms with E-state index < -0.39 is 0 Å². The highest BCUT2D eigenvalue weighted by Gasteiger charge is 2.10. The number of anilines is 1. The molecule has 0 spiro atoms. The third-order valence-electron chi connectivity index (χ3n) is 3.57. The number of aromatic nitrogens is 3. The van der Waals surface area contributed by atoms with Crippen molar-refractivity contribution in [2.45, 2.75) is 6.54 Å². The Morgan fingerprint density at radius 1 is 1.16 bits per heavy atom. The van der Waals surface area contributed by atoms with Gasteiger partial charge in [-0.3, -0.25) is 0 Å². The monoisotopic (exact) mass is 354 g/mol. The van der Waals surface area contributed by atoms with E-state index in [0.29, 0.717) is 18.3 Å². The Balaban J connectivity index is 1.47. The molecule has 0 saturated carbocycles. The van der Waals surface area contributed by atoms with E-state index in [0.717, 1.165) is 26.7 Å². The summed E-state index contributed by atoms with van der Waals surface area (Å²) < 4.78 is 11.9. The summed E-state index contributed by atoms with van der Waals surface area (Å²) >= 11 is 1.53. The predicted molar refractivity (Wildman–Crippen MR) is 94.9 cm³/mol. The van der Waals surface area contributed by atoms with Crippen LogP contribution in [0.5, 0.6) is 11.5 Å². The van der Waals surface area contributed by atoms with Gasteiger partial charge in [-0.1, -0.05) is 11.3 Å². The first-order chi connectivity index (χ1) is 12.2. The van der Waals surface area contributed by atoms with Crippen molar-refractivity contribution in [1.82, 2.24) is 15.2 Å². The molecule has 7 nitrogen and oxygen atoms in total. The molecule has 2 aromatic carbocycles. The Morgan fingerprint density at radius 2 is 2.00 bits per heavy atom. The molecule has 0 fully saturated rings. The summed E-state index contributed by atoms with van der Waals surface area (Å²) in [6.07, 6.45) is 0. The molecular formula is C17H14N4O3S. The number of rotatable bonds is 5. The molecule has 2 aromatic heterocycles. The first kappa shape index (κ1) is 15.4. The van der Waals surface area contributed by atoms with Crippen LogP contribution in [0, 0.1) is 0 Å². The van der Waals surface area contributed by atoms with Gasteiger partial charge < -0.3 is 19.6 Å². The van der Waals surface area contributed by atoms with Crippen molar-refractivity contribution < 1.29 is 14.3 Å². The molecule has 0 aliphatic carbocycles. The van der Waals surface area contributed by atoms with E-state index in [1.54, 1.807) is 31.4 Å². The zero-order valence-corrected chi connectivity index (χ0v) is 14.1. The topological polar surface area (TPSA) is 93.3 Å². The number of phenols is 1. The summed E-state index contributed by atoms with van der Waals surface area (Å²) in [5.74, 6) is 1.86. The normalized spacial score (nSPS) is 10.9. The highest BCUT2D eigenvalue weighted by Crippen LogP contribution is 2.29. The maximum absolute atomic E-state index is 9.32. The summed E-state index contributed by atoms with van der Waals surface area (Å²) in [6.45, 7) is 0.377. The van der Waals surface area contributed by atoms with Gasteiger partial charge in [-0.2, -0.15) is 0 Å². The van der Waals surface area contributed by atoms with Crippen molar-refractivity contribution in [2.75, 3.05) is 12.4 Å². The molecular weight excluding hydrogens is 340 g/mol. The molecule has 0 saturated heterocycles. The summed E-state index contributed by atoms with van der Waals surface area (Å²) in [5.41, 5.74) is 1.66. The second-order valence-corrected chi connectivity index (χ2v) is 6.28. The second kappa shape index (κ2) is 6.40. The van der Waals surface area contributed by atoms with E-state index in [2.05, 4.69) is 20.5 Å². The molecule has 4 rings (SSSR count). The van der Waals surface area contributed by atoms with Crippen LogP contribution < -0.4 is 10.1 Å². The summed E-state index contributed by atoms with van der Waals surface area (Å²) in [4.78, 5) is 4.51. The molecule has 2 heterocycles. The number of nitrogens with one attached hydrogen (secondary N) is 1. The van der Waals surface area contributed by atoms with Gasteiger partial charge in [-0.15, -0.1) is 10.2 Å². The number of benzene rings is 2. The zero-order valence-electron chi connectivity index (χ0n) is 13.3. The largest absolute Gasteiger partial charge is 0.508 e. The van der Waals surface area contributed by atoms with Crippen molar-refractivity contribution >= 4 is 26.7 Å². The van der Waals surface area contributed by atoms with E-state index in [9.17, 15) is 5.11 Å². The van der Waals surface area contributed by atoms with Crippen molar-refractivity contribution in [3.63, 3.8) is 0 Å². The highest BCUT2D eigenvalue weighted by molar-refractivity contribution is 7.22. The smallest absolute Gasteiger partial charge is 0.247 e. The summed E-state index contributed by atoms with van der Waals surface area (Å²) in [5, 5.41) is 21.3. The fourth-order valence-electron chi connectivity index (χ4n) is 2.30. The van der Waals surface area contributed by atoms with Crippen LogP contribution in [0.4, 0.5) is 5.13 Å². The van der Waals surface area contributed by atoms with Gasteiger partial charge >= 0.3 is 0 Å². The van der Waals surface area contributed by atoms with E-state index in [-0.39, 0.29) is 5.75 Å². The van der Waals surface area contributed by atoms with Gasteiger partial charge in [0.2, 0.25) is 11.8 Å². The molecule has 25 heavy (non-hydrogen) atoms. The molecule has 8 heteroatoms. The van der Waals surface area contributed by atoms with Crippen LogP contribution >= 0.6 is 11.3 Å². The number of ether oxygens (including phenoxy) is 1. The standard InChI is InChI=1S/C17H14N4O3S/c1-23-12-6-7-13-14(8-12)25-17(19-13)18-9-15-20-21-16(24-15)10-2-4-11(22)5-3-10/h2-8,22H,9H2,1H3,(H,18,19). The minimum absolute atomic E-state index is 0.192. The van der Waals surface area contributed by atoms with Gasteiger partial charge in [0, 0.05) is 5.56 Å². The molecule has 0 radical (unpaired) electrons. The Hall–Kier alpha value is -3.13.